The first kappa shape index (κ1) is 71.5. The lowest BCUT2D eigenvalue weighted by molar-refractivity contribution is -0.121. The second kappa shape index (κ2) is 25.8. The number of nitrogens with zero attached hydrogens (tertiary/aromatic N) is 12. The fraction of sp³-hybridized carbons (Fsp3) is 0.395. The number of aromatic nitrogens is 8. The second-order valence-corrected chi connectivity index (χ2v) is 31.0. The van der Waals surface area contributed by atoms with Crippen molar-refractivity contribution >= 4 is 113 Å². The molecule has 22 nitrogen and oxygen atoms in total. The number of carbonyl (C=O) groups is 4. The maximum absolute atomic E-state index is 17.9. The summed E-state index contributed by atoms with van der Waals surface area (Å²) in [5.74, 6) is -4.76. The van der Waals surface area contributed by atoms with Crippen molar-refractivity contribution in [2.45, 2.75) is 158 Å². The first-order chi connectivity index (χ1) is 48.4. The minimum absolute atomic E-state index is 0.0145. The molecule has 6 aromatic heterocycles. The number of benzene rings is 4. The van der Waals surface area contributed by atoms with Crippen molar-refractivity contribution in [2.75, 3.05) is 59.9 Å². The van der Waals surface area contributed by atoms with E-state index in [0.717, 1.165) is 0 Å². The highest BCUT2D eigenvalue weighted by Gasteiger charge is 2.50. The molecule has 2 saturated heterocycles. The zero-order chi connectivity index (χ0) is 74.6. The number of nitrogens with one attached hydrogen (secondary N) is 2. The molecule has 4 amide bonds. The molecule has 103 heavy (non-hydrogen) atoms. The lowest BCUT2D eigenvalue weighted by Gasteiger charge is -2.50. The van der Waals surface area contributed by atoms with Crippen LogP contribution in [-0.2, 0) is 19.1 Å². The van der Waals surface area contributed by atoms with Gasteiger partial charge in [0.2, 0.25) is 0 Å². The van der Waals surface area contributed by atoms with Crippen LogP contribution in [0, 0.1) is 54.7 Å². The van der Waals surface area contributed by atoms with Crippen LogP contribution < -0.4 is 30.7 Å². The lowest BCUT2D eigenvalue weighted by Crippen LogP contribution is -2.66. The van der Waals surface area contributed by atoms with Gasteiger partial charge in [-0.25, -0.2) is 27.2 Å². The summed E-state index contributed by atoms with van der Waals surface area (Å²) in [4.78, 5) is 103. The van der Waals surface area contributed by atoms with Gasteiger partial charge in [0, 0.05) is 84.3 Å². The number of halogens is 5. The first-order valence-electron chi connectivity index (χ1n) is 34.2. The lowest BCUT2D eigenvalue weighted by atomic mass is 9.92. The fourth-order valence-electron chi connectivity index (χ4n) is 15.2. The van der Waals surface area contributed by atoms with E-state index in [-0.39, 0.29) is 93.7 Å². The smallest absolute Gasteiger partial charge is 0.410 e. The van der Waals surface area contributed by atoms with Crippen molar-refractivity contribution in [3.8, 4) is 33.6 Å². The molecule has 0 unspecified atom stereocenters. The number of anilines is 4. The number of rotatable bonds is 6. The van der Waals surface area contributed by atoms with Crippen LogP contribution in [0.1, 0.15) is 129 Å². The molecule has 2 fully saturated rings. The van der Waals surface area contributed by atoms with E-state index in [1.807, 2.05) is 55.4 Å². The number of fused-ring (bicyclic) bond motifs is 12. The molecule has 4 atom stereocenters. The molecular weight excluding hydrogens is 1440 g/mol. The van der Waals surface area contributed by atoms with Gasteiger partial charge in [-0.3, -0.25) is 48.5 Å². The van der Waals surface area contributed by atoms with Gasteiger partial charge in [-0.15, -0.1) is 0 Å². The van der Waals surface area contributed by atoms with Crippen LogP contribution >= 0.6 is 22.6 Å². The molecule has 0 aliphatic carbocycles. The van der Waals surface area contributed by atoms with Gasteiger partial charge in [0.05, 0.1) is 86.6 Å². The van der Waals surface area contributed by atoms with E-state index in [2.05, 4.69) is 53.0 Å². The van der Waals surface area contributed by atoms with Crippen molar-refractivity contribution in [3.05, 3.63) is 148 Å². The minimum atomic E-state index is -0.944. The van der Waals surface area contributed by atoms with Gasteiger partial charge in [0.25, 0.3) is 22.9 Å². The maximum atomic E-state index is 17.9. The Bertz CT molecular complexity index is 5400. The Morgan fingerprint density at radius 2 is 0.981 bits per heavy atom. The van der Waals surface area contributed by atoms with E-state index in [4.69, 9.17) is 9.47 Å². The number of piperazine rings is 2. The molecule has 0 spiro atoms. The number of ether oxygens (including phenoxy) is 2. The molecular formula is C76H81F4IN14O8. The summed E-state index contributed by atoms with van der Waals surface area (Å²) in [6.07, 6.45) is 3.65. The van der Waals surface area contributed by atoms with Crippen LogP contribution in [0.3, 0.4) is 0 Å². The Labute approximate surface area is 605 Å². The van der Waals surface area contributed by atoms with Gasteiger partial charge < -0.3 is 38.9 Å². The molecule has 27 heteroatoms. The number of aromatic amines is 2. The van der Waals surface area contributed by atoms with Gasteiger partial charge in [0.1, 0.15) is 50.0 Å². The number of hydrogen-bond donors (Lipinski definition) is 2. The number of aryl methyl sites for hydroxylation is 4. The number of hydrogen-bond acceptors (Lipinski definition) is 14. The highest BCUT2D eigenvalue weighted by molar-refractivity contribution is 14.1. The van der Waals surface area contributed by atoms with Crippen LogP contribution in [-0.4, -0.2) is 149 Å². The van der Waals surface area contributed by atoms with E-state index in [1.165, 1.54) is 61.2 Å². The molecule has 538 valence electrons. The van der Waals surface area contributed by atoms with E-state index < -0.39 is 93.8 Å². The summed E-state index contributed by atoms with van der Waals surface area (Å²) < 4.78 is 83.9. The molecule has 0 bridgehead atoms. The van der Waals surface area contributed by atoms with Crippen LogP contribution in [0.15, 0.2) is 76.7 Å². The maximum Gasteiger partial charge on any atom is 0.410 e. The van der Waals surface area contributed by atoms with E-state index in [1.54, 1.807) is 114 Å². The number of likely N-dealkylation sites (N-methyl/N-ethyl adjacent to an activating group) is 2. The largest absolute Gasteiger partial charge is 0.444 e. The predicted molar refractivity (Wildman–Crippen MR) is 398 cm³/mol. The summed E-state index contributed by atoms with van der Waals surface area (Å²) >= 11 is 2.06. The summed E-state index contributed by atoms with van der Waals surface area (Å²) in [6, 6.07) is 10.3. The molecule has 0 saturated carbocycles. The molecule has 4 aromatic carbocycles. The SMILES string of the molecule is Cc1ccnc(C(C)C)c1-n1c(=O)c2c(c3cc(F)c(-c4c(C)ccc5[nH]ncc45)c(F)c31)N1C[C@@H](C)N(C(=O)OC(C)(C)C)C[C@@H]1C(=O)N2C.Cc1ccnc(C(C)C)c1-n1c(=O)c2c(c3cc(F)c(-c4c(C)ccc5n[nH]c(I)c45)c(F)c31)N1C[C@@H](C)N(C(=O)OC(C)(C)C)C[C@@H]1C(=O)N2C. The standard InChI is InChI=1S/C38H40F2IN7O4.C38H41F2N7O4/c1-17(2)29-30(19(4)12-13-42-29)48-31-21(14-22(39)26(28(31)40)25-18(3)10-11-23-27(25)34(41)44-43-23)32-33(36(48)50)45(9)35(49)24-16-46(20(5)15-47(24)32)37(51)52-38(6,7)8;1-18(2)30-31(20(4)12-13-41-30)47-32-22(14-24(39)28(29(32)40)27-19(3)10-11-25-23(27)15-42-43-25)33-34(36(47)49)44(9)35(48)26-17-45(21(5)16-46(26)33)37(50)51-38(6,7)8/h10-14,17,20,24H,15-16H2,1-9H3,(H,43,44);10-15,18,21,26H,16-17H2,1-9H3,(H,42,43)/t20-,24-;21-,26-/m11/s1. The normalized spacial score (nSPS) is 17.8. The summed E-state index contributed by atoms with van der Waals surface area (Å²) in [5.41, 5.74) is 2.83. The van der Waals surface area contributed by atoms with Crippen molar-refractivity contribution in [3.63, 3.8) is 0 Å². The van der Waals surface area contributed by atoms with Gasteiger partial charge >= 0.3 is 12.2 Å². The molecule has 10 aromatic rings. The highest BCUT2D eigenvalue weighted by Crippen LogP contribution is 2.50. The summed E-state index contributed by atoms with van der Waals surface area (Å²) in [5, 5.41) is 15.6. The molecule has 4 aliphatic heterocycles. The van der Waals surface area contributed by atoms with Crippen molar-refractivity contribution in [2.24, 2.45) is 0 Å². The number of H-pyrrole nitrogens is 2. The average Bonchev–Trinajstić information content (AvgIpc) is 0.838. The van der Waals surface area contributed by atoms with Gasteiger partial charge in [-0.1, -0.05) is 39.8 Å². The topological polar surface area (TPSA) is 233 Å². The molecule has 4 aliphatic rings. The monoisotopic (exact) mass is 1520 g/mol. The molecule has 2 N–H and O–H groups in total. The van der Waals surface area contributed by atoms with Crippen molar-refractivity contribution in [1.82, 2.24) is 49.3 Å². The van der Waals surface area contributed by atoms with Gasteiger partial charge in [0.15, 0.2) is 11.6 Å². The van der Waals surface area contributed by atoms with Crippen LogP contribution in [0.4, 0.5) is 49.9 Å². The third kappa shape index (κ3) is 11.7. The van der Waals surface area contributed by atoms with Gasteiger partial charge in [-0.2, -0.15) is 10.2 Å². The van der Waals surface area contributed by atoms with Crippen molar-refractivity contribution < 1.29 is 46.2 Å². The van der Waals surface area contributed by atoms with Crippen LogP contribution in [0.25, 0.3) is 77.2 Å². The van der Waals surface area contributed by atoms with Crippen LogP contribution in [0.5, 0.6) is 0 Å². The Morgan fingerprint density at radius 1 is 0.553 bits per heavy atom. The zero-order valence-electron chi connectivity index (χ0n) is 60.7. The number of pyridine rings is 4. The van der Waals surface area contributed by atoms with Crippen molar-refractivity contribution in [1.29, 1.82) is 0 Å². The highest BCUT2D eigenvalue weighted by atomic mass is 127. The minimum Gasteiger partial charge on any atom is -0.444 e. The number of amides is 4. The Morgan fingerprint density at radius 3 is 1.42 bits per heavy atom. The third-order valence-corrected chi connectivity index (χ3v) is 20.7. The molecule has 14 rings (SSSR count). The zero-order valence-corrected chi connectivity index (χ0v) is 62.8. The summed E-state index contributed by atoms with van der Waals surface area (Å²) in [6.45, 7) is 29.2. The predicted octanol–water partition coefficient (Wildman–Crippen LogP) is 14.1. The Hall–Kier alpha value is -9.93. The van der Waals surface area contributed by atoms with E-state index in [0.29, 0.717) is 81.6 Å². The molecule has 10 heterocycles. The second-order valence-electron chi connectivity index (χ2n) is 30.0. The Kier molecular flexibility index (Phi) is 17.9. The van der Waals surface area contributed by atoms with E-state index >= 15 is 27.2 Å². The van der Waals surface area contributed by atoms with Gasteiger partial charge in [-0.05, 0) is 176 Å². The average molecular weight is 1520 g/mol. The molecule has 0 radical (unpaired) electrons. The first-order valence-corrected chi connectivity index (χ1v) is 35.3. The number of carbonyl (C=O) groups excluding carboxylic acids is 4. The summed E-state index contributed by atoms with van der Waals surface area (Å²) in [7, 11) is 2.97. The quantitative estimate of drug-likeness (QED) is 0.116. The Balaban J connectivity index is 0.000000183. The van der Waals surface area contributed by atoms with E-state index in [9.17, 15) is 19.2 Å². The van der Waals surface area contributed by atoms with Crippen LogP contribution in [0.2, 0.25) is 0 Å². The third-order valence-electron chi connectivity index (χ3n) is 19.9. The fourth-order valence-corrected chi connectivity index (χ4v) is 15.8.